The van der Waals surface area contributed by atoms with Crippen LogP contribution in [0.4, 0.5) is 4.39 Å². The van der Waals surface area contributed by atoms with Gasteiger partial charge in [-0.3, -0.25) is 4.79 Å². The van der Waals surface area contributed by atoms with Crippen molar-refractivity contribution >= 4 is 29.8 Å². The van der Waals surface area contributed by atoms with Crippen molar-refractivity contribution in [2.45, 2.75) is 20.5 Å². The first-order chi connectivity index (χ1) is 14.9. The lowest BCUT2D eigenvalue weighted by Crippen LogP contribution is -2.14. The first-order valence-corrected chi connectivity index (χ1v) is 10.0. The van der Waals surface area contributed by atoms with Gasteiger partial charge in [-0.15, -0.1) is 0 Å². The highest BCUT2D eigenvalue weighted by molar-refractivity contribution is 6.31. The van der Waals surface area contributed by atoms with Crippen LogP contribution in [0.15, 0.2) is 71.8 Å². The van der Waals surface area contributed by atoms with E-state index in [-0.39, 0.29) is 12.5 Å². The van der Waals surface area contributed by atoms with Gasteiger partial charge in [0.05, 0.1) is 11.2 Å². The van der Waals surface area contributed by atoms with Crippen LogP contribution < -0.4 is 10.2 Å². The fourth-order valence-corrected chi connectivity index (χ4v) is 3.01. The maximum Gasteiger partial charge on any atom is 0.264 e. The van der Waals surface area contributed by atoms with Crippen molar-refractivity contribution < 1.29 is 13.9 Å². The molecule has 0 saturated heterocycles. The number of nitrogens with one attached hydrogen (secondary N) is 1. The molecule has 0 atom stereocenters. The minimum atomic E-state index is -0.404. The minimum Gasteiger partial charge on any atom is -0.489 e. The van der Waals surface area contributed by atoms with Crippen LogP contribution in [0.2, 0.25) is 5.02 Å². The number of carbonyl (C=O) groups is 1. The smallest absolute Gasteiger partial charge is 0.264 e. The molecule has 0 aliphatic carbocycles. The molecule has 158 valence electrons. The lowest BCUT2D eigenvalue weighted by atomic mass is 10.1. The minimum absolute atomic E-state index is 0.0295. The Hall–Kier alpha value is -3.44. The quantitative estimate of drug-likeness (QED) is 0.287. The molecule has 0 aliphatic rings. The molecule has 1 N–H and O–H groups in total. The van der Waals surface area contributed by atoms with E-state index in [1.165, 1.54) is 18.4 Å². The third-order valence-electron chi connectivity index (χ3n) is 4.56. The monoisotopic (exact) mass is 436 g/mol. The van der Waals surface area contributed by atoms with Crippen molar-refractivity contribution in [3.8, 4) is 5.75 Å². The van der Waals surface area contributed by atoms with Gasteiger partial charge in [-0.05, 0) is 73.0 Å². The molecule has 31 heavy (non-hydrogen) atoms. The second-order valence-electron chi connectivity index (χ2n) is 6.99. The number of benzene rings is 3. The lowest BCUT2D eigenvalue weighted by Gasteiger charge is -2.08. The van der Waals surface area contributed by atoms with Crippen molar-refractivity contribution in [3.63, 3.8) is 0 Å². The number of ether oxygens (including phenoxy) is 1. The lowest BCUT2D eigenvalue weighted by molar-refractivity contribution is -0.116. The van der Waals surface area contributed by atoms with Crippen LogP contribution in [0.25, 0.3) is 6.08 Å². The zero-order valence-corrected chi connectivity index (χ0v) is 18.0. The molecule has 0 unspecified atom stereocenters. The summed E-state index contributed by atoms with van der Waals surface area (Å²) in [5, 5.41) is 4.28. The molecule has 1 amide bonds. The largest absolute Gasteiger partial charge is 0.489 e. The van der Waals surface area contributed by atoms with Gasteiger partial charge < -0.3 is 4.74 Å². The summed E-state index contributed by atoms with van der Waals surface area (Å²) in [5.74, 6) is -0.158. The van der Waals surface area contributed by atoms with Crippen molar-refractivity contribution in [2.24, 2.45) is 5.10 Å². The van der Waals surface area contributed by atoms with Gasteiger partial charge in [-0.1, -0.05) is 41.4 Å². The Bertz CT molecular complexity index is 1100. The number of carbonyl (C=O) groups excluding carboxylic acids is 1. The van der Waals surface area contributed by atoms with E-state index >= 15 is 0 Å². The van der Waals surface area contributed by atoms with Crippen molar-refractivity contribution in [1.82, 2.24) is 5.43 Å². The number of hydrazone groups is 1. The second kappa shape index (κ2) is 10.5. The van der Waals surface area contributed by atoms with Gasteiger partial charge >= 0.3 is 0 Å². The molecule has 0 aliphatic heterocycles. The molecule has 4 nitrogen and oxygen atoms in total. The van der Waals surface area contributed by atoms with Crippen LogP contribution >= 0.6 is 11.6 Å². The number of hydrogen-bond acceptors (Lipinski definition) is 3. The summed E-state index contributed by atoms with van der Waals surface area (Å²) < 4.78 is 19.4. The summed E-state index contributed by atoms with van der Waals surface area (Å²) in [6, 6.07) is 17.6. The second-order valence-corrected chi connectivity index (χ2v) is 7.39. The molecule has 0 bridgehead atoms. The average Bonchev–Trinajstić information content (AvgIpc) is 2.75. The number of aryl methyl sites for hydroxylation is 2. The summed E-state index contributed by atoms with van der Waals surface area (Å²) in [5.41, 5.74) is 6.77. The Kier molecular flexibility index (Phi) is 7.57. The van der Waals surface area contributed by atoms with Crippen molar-refractivity contribution in [2.75, 3.05) is 0 Å². The van der Waals surface area contributed by atoms with E-state index < -0.39 is 5.82 Å². The molecule has 0 aromatic heterocycles. The summed E-state index contributed by atoms with van der Waals surface area (Å²) >= 11 is 6.00. The topological polar surface area (TPSA) is 50.7 Å². The van der Waals surface area contributed by atoms with E-state index in [1.54, 1.807) is 42.5 Å². The summed E-state index contributed by atoms with van der Waals surface area (Å²) in [6.45, 7) is 4.03. The van der Waals surface area contributed by atoms with Gasteiger partial charge in [0.15, 0.2) is 0 Å². The Morgan fingerprint density at radius 1 is 1.13 bits per heavy atom. The number of amides is 1. The van der Waals surface area contributed by atoms with Crippen LogP contribution in [0.3, 0.4) is 0 Å². The highest BCUT2D eigenvalue weighted by Crippen LogP contribution is 2.21. The number of rotatable bonds is 7. The molecule has 6 heteroatoms. The zero-order valence-electron chi connectivity index (χ0n) is 17.2. The van der Waals surface area contributed by atoms with Crippen LogP contribution in [-0.4, -0.2) is 12.1 Å². The fraction of sp³-hybridized carbons (Fsp3) is 0.120. The molecule has 3 aromatic carbocycles. The molecular weight excluding hydrogens is 415 g/mol. The standard InChI is InChI=1S/C25H22ClFN2O2/c1-17-6-7-18(2)20(14-17)10-13-25(30)29-28-15-19-8-11-21(12-9-19)31-16-22-23(26)4-3-5-24(22)27/h3-15H,16H2,1-2H3,(H,29,30). The van der Waals surface area contributed by atoms with E-state index in [1.807, 2.05) is 32.0 Å². The van der Waals surface area contributed by atoms with Gasteiger partial charge in [0.2, 0.25) is 0 Å². The van der Waals surface area contributed by atoms with E-state index in [9.17, 15) is 9.18 Å². The summed E-state index contributed by atoms with van der Waals surface area (Å²) in [6.07, 6.45) is 4.74. The van der Waals surface area contributed by atoms with Crippen molar-refractivity contribution in [1.29, 1.82) is 0 Å². The van der Waals surface area contributed by atoms with Crippen LogP contribution in [-0.2, 0) is 11.4 Å². The van der Waals surface area contributed by atoms with Crippen LogP contribution in [0, 0.1) is 19.7 Å². The molecule has 3 rings (SSSR count). The normalized spacial score (nSPS) is 11.2. The zero-order chi connectivity index (χ0) is 22.2. The molecule has 3 aromatic rings. The first-order valence-electron chi connectivity index (χ1n) is 9.66. The Labute approximate surface area is 186 Å². The van der Waals surface area contributed by atoms with E-state index in [0.29, 0.717) is 16.3 Å². The predicted molar refractivity (Wildman–Crippen MR) is 123 cm³/mol. The van der Waals surface area contributed by atoms with E-state index in [2.05, 4.69) is 10.5 Å². The van der Waals surface area contributed by atoms with E-state index in [0.717, 1.165) is 22.3 Å². The molecular formula is C25H22ClFN2O2. The Balaban J connectivity index is 1.51. The van der Waals surface area contributed by atoms with Crippen LogP contribution in [0.1, 0.15) is 27.8 Å². The summed E-state index contributed by atoms with van der Waals surface area (Å²) in [4.78, 5) is 12.0. The Morgan fingerprint density at radius 3 is 2.65 bits per heavy atom. The highest BCUT2D eigenvalue weighted by atomic mass is 35.5. The average molecular weight is 437 g/mol. The van der Waals surface area contributed by atoms with E-state index in [4.69, 9.17) is 16.3 Å². The van der Waals surface area contributed by atoms with Crippen molar-refractivity contribution in [3.05, 3.63) is 105 Å². The van der Waals surface area contributed by atoms with Gasteiger partial charge in [0.1, 0.15) is 18.2 Å². The van der Waals surface area contributed by atoms with Gasteiger partial charge in [0, 0.05) is 11.6 Å². The van der Waals surface area contributed by atoms with Gasteiger partial charge in [-0.25, -0.2) is 9.82 Å². The molecule has 0 heterocycles. The molecule has 0 saturated carbocycles. The number of nitrogens with zero attached hydrogens (tertiary/aromatic N) is 1. The third kappa shape index (κ3) is 6.52. The predicted octanol–water partition coefficient (Wildman–Crippen LogP) is 5.84. The highest BCUT2D eigenvalue weighted by Gasteiger charge is 2.07. The Morgan fingerprint density at radius 2 is 1.90 bits per heavy atom. The first kappa shape index (κ1) is 22.2. The summed E-state index contributed by atoms with van der Waals surface area (Å²) in [7, 11) is 0. The molecule has 0 spiro atoms. The van der Waals surface area contributed by atoms with Crippen LogP contribution in [0.5, 0.6) is 5.75 Å². The number of halogens is 2. The van der Waals surface area contributed by atoms with Gasteiger partial charge in [-0.2, -0.15) is 5.10 Å². The molecule has 0 fully saturated rings. The molecule has 0 radical (unpaired) electrons. The van der Waals surface area contributed by atoms with Gasteiger partial charge in [0.25, 0.3) is 5.91 Å². The fourth-order valence-electron chi connectivity index (χ4n) is 2.79. The maximum atomic E-state index is 13.8. The SMILES string of the molecule is Cc1ccc(C)c(C=CC(=O)NN=Cc2ccc(OCc3c(F)cccc3Cl)cc2)c1. The maximum absolute atomic E-state index is 13.8. The number of hydrogen-bond donors (Lipinski definition) is 1. The third-order valence-corrected chi connectivity index (χ3v) is 4.92.